The van der Waals surface area contributed by atoms with E-state index in [0.717, 1.165) is 0 Å². The van der Waals surface area contributed by atoms with Gasteiger partial charge in [-0.2, -0.15) is 0 Å². The quantitative estimate of drug-likeness (QED) is 0.0853. The molecule has 0 heterocycles. The molecule has 3 rings (SSSR count). The number of carbonyl (C=O) groups is 5. The second-order valence-corrected chi connectivity index (χ2v) is 9.69. The standard InChI is InChI=1S/C32H30O8.2C3H4O/c1-18(2)30(33)38-27-15-21(24-13-10-22(36-7)16-28(24)39-31(34)19(3)4)9-12-25(27)26-14-11-23(37-8)17-29(26)40-32(35)20(5)6;2*1-2-3-4/h9-17H,1,3,5H2,2,4,6-8H3;2*2-3H,1H2. The molecule has 0 radical (unpaired) electrons. The van der Waals surface area contributed by atoms with Crippen molar-refractivity contribution in [2.24, 2.45) is 0 Å². The Hall–Kier alpha value is -6.29. The SMILES string of the molecule is C=C(C)C(=O)Oc1cc(OC)ccc1-c1ccc(-c2ccc(OC)cc2OC(=O)C(=C)C)c(OC(=O)C(=C)C)c1.C=CC=O.C=CC=O. The third kappa shape index (κ3) is 11.9. The number of rotatable bonds is 12. The zero-order valence-electron chi connectivity index (χ0n) is 27.6. The Balaban J connectivity index is 0.00000129. The van der Waals surface area contributed by atoms with Crippen molar-refractivity contribution in [1.82, 2.24) is 0 Å². The third-order valence-corrected chi connectivity index (χ3v) is 5.81. The Bertz CT molecular complexity index is 1710. The van der Waals surface area contributed by atoms with E-state index < -0.39 is 17.9 Å². The molecular formula is C38H38O10. The Morgan fingerprint density at radius 1 is 0.542 bits per heavy atom. The minimum Gasteiger partial charge on any atom is -0.497 e. The predicted molar refractivity (Wildman–Crippen MR) is 184 cm³/mol. The molecule has 0 unspecified atom stereocenters. The van der Waals surface area contributed by atoms with Crippen molar-refractivity contribution in [3.05, 3.63) is 116 Å². The molecule has 0 atom stereocenters. The smallest absolute Gasteiger partial charge is 0.338 e. The molecule has 250 valence electrons. The van der Waals surface area contributed by atoms with Gasteiger partial charge in [-0.25, -0.2) is 14.4 Å². The van der Waals surface area contributed by atoms with Crippen LogP contribution in [0.1, 0.15) is 20.8 Å². The lowest BCUT2D eigenvalue weighted by Crippen LogP contribution is -2.11. The largest absolute Gasteiger partial charge is 0.497 e. The topological polar surface area (TPSA) is 132 Å². The molecule has 0 bridgehead atoms. The van der Waals surface area contributed by atoms with Gasteiger partial charge in [-0.15, -0.1) is 0 Å². The van der Waals surface area contributed by atoms with Crippen molar-refractivity contribution in [1.29, 1.82) is 0 Å². The van der Waals surface area contributed by atoms with Crippen LogP contribution >= 0.6 is 0 Å². The molecule has 0 aliphatic carbocycles. The number of carbonyl (C=O) groups excluding carboxylic acids is 5. The summed E-state index contributed by atoms with van der Waals surface area (Å²) in [5, 5.41) is 0. The summed E-state index contributed by atoms with van der Waals surface area (Å²) in [4.78, 5) is 55.5. The molecule has 0 spiro atoms. The first-order valence-corrected chi connectivity index (χ1v) is 14.0. The van der Waals surface area contributed by atoms with E-state index in [1.165, 1.54) is 40.2 Å². The van der Waals surface area contributed by atoms with Crippen LogP contribution in [0, 0.1) is 0 Å². The lowest BCUT2D eigenvalue weighted by atomic mass is 9.97. The highest BCUT2D eigenvalue weighted by Crippen LogP contribution is 2.43. The number of aldehydes is 2. The summed E-state index contributed by atoms with van der Waals surface area (Å²) < 4.78 is 27.5. The summed E-state index contributed by atoms with van der Waals surface area (Å²) >= 11 is 0. The van der Waals surface area contributed by atoms with Gasteiger partial charge in [0.1, 0.15) is 41.3 Å². The average Bonchev–Trinajstić information content (AvgIpc) is 3.08. The fraction of sp³-hybridized carbons (Fsp3) is 0.132. The van der Waals surface area contributed by atoms with Crippen LogP contribution in [0.5, 0.6) is 28.7 Å². The van der Waals surface area contributed by atoms with Crippen LogP contribution in [0.2, 0.25) is 0 Å². The third-order valence-electron chi connectivity index (χ3n) is 5.81. The van der Waals surface area contributed by atoms with E-state index in [1.54, 1.807) is 61.5 Å². The highest BCUT2D eigenvalue weighted by atomic mass is 16.5. The molecular weight excluding hydrogens is 616 g/mol. The maximum absolute atomic E-state index is 12.6. The van der Waals surface area contributed by atoms with Gasteiger partial charge >= 0.3 is 17.9 Å². The van der Waals surface area contributed by atoms with Crippen molar-refractivity contribution in [2.45, 2.75) is 20.8 Å². The summed E-state index contributed by atoms with van der Waals surface area (Å²) in [6.07, 6.45) is 3.67. The molecule has 0 saturated heterocycles. The van der Waals surface area contributed by atoms with E-state index >= 15 is 0 Å². The number of benzene rings is 3. The number of allylic oxidation sites excluding steroid dienone is 2. The van der Waals surface area contributed by atoms with Gasteiger partial charge in [0.05, 0.1) is 14.2 Å². The number of methoxy groups -OCH3 is 2. The van der Waals surface area contributed by atoms with Gasteiger partial charge in [-0.1, -0.05) is 39.0 Å². The molecule has 48 heavy (non-hydrogen) atoms. The number of esters is 3. The van der Waals surface area contributed by atoms with E-state index in [-0.39, 0.29) is 34.0 Å². The second-order valence-electron chi connectivity index (χ2n) is 9.69. The van der Waals surface area contributed by atoms with Crippen LogP contribution in [0.25, 0.3) is 22.3 Å². The summed E-state index contributed by atoms with van der Waals surface area (Å²) in [5.74, 6) is -0.428. The molecule has 0 N–H and O–H groups in total. The fourth-order valence-corrected chi connectivity index (χ4v) is 3.45. The normalized spacial score (nSPS) is 9.35. The van der Waals surface area contributed by atoms with Gasteiger partial charge in [0, 0.05) is 45.5 Å². The summed E-state index contributed by atoms with van der Waals surface area (Å²) in [7, 11) is 2.98. The highest BCUT2D eigenvalue weighted by molar-refractivity contribution is 5.94. The van der Waals surface area contributed by atoms with E-state index in [4.69, 9.17) is 33.3 Å². The van der Waals surface area contributed by atoms with Gasteiger partial charge < -0.3 is 23.7 Å². The predicted octanol–water partition coefficient (Wildman–Crippen LogP) is 7.22. The molecule has 3 aromatic carbocycles. The van der Waals surface area contributed by atoms with Crippen molar-refractivity contribution in [2.75, 3.05) is 14.2 Å². The lowest BCUT2D eigenvalue weighted by molar-refractivity contribution is -0.131. The van der Waals surface area contributed by atoms with Crippen LogP contribution in [0.3, 0.4) is 0 Å². The first-order chi connectivity index (χ1) is 22.8. The molecule has 10 heteroatoms. The number of hydrogen-bond acceptors (Lipinski definition) is 10. The Morgan fingerprint density at radius 3 is 1.19 bits per heavy atom. The second kappa shape index (κ2) is 20.0. The van der Waals surface area contributed by atoms with E-state index in [0.29, 0.717) is 46.3 Å². The van der Waals surface area contributed by atoms with Gasteiger partial charge in [0.2, 0.25) is 0 Å². The number of ether oxygens (including phenoxy) is 5. The van der Waals surface area contributed by atoms with Crippen molar-refractivity contribution in [3.8, 4) is 51.0 Å². The van der Waals surface area contributed by atoms with E-state index in [9.17, 15) is 14.4 Å². The lowest BCUT2D eigenvalue weighted by Gasteiger charge is -2.17. The van der Waals surface area contributed by atoms with Crippen molar-refractivity contribution in [3.63, 3.8) is 0 Å². The van der Waals surface area contributed by atoms with Crippen LogP contribution in [0.4, 0.5) is 0 Å². The van der Waals surface area contributed by atoms with Crippen LogP contribution in [-0.2, 0) is 24.0 Å². The Kier molecular flexibility index (Phi) is 16.5. The molecule has 3 aromatic rings. The minimum absolute atomic E-state index is 0.149. The summed E-state index contributed by atoms with van der Waals surface area (Å²) in [5.41, 5.74) is 2.59. The molecule has 0 amide bonds. The van der Waals surface area contributed by atoms with Gasteiger partial charge in [-0.05, 0) is 74.9 Å². The molecule has 0 saturated carbocycles. The number of hydrogen-bond donors (Lipinski definition) is 0. The first kappa shape index (κ1) is 39.7. The maximum Gasteiger partial charge on any atom is 0.338 e. The van der Waals surface area contributed by atoms with Crippen LogP contribution in [0.15, 0.2) is 116 Å². The van der Waals surface area contributed by atoms with Crippen LogP contribution < -0.4 is 23.7 Å². The van der Waals surface area contributed by atoms with Gasteiger partial charge in [0.15, 0.2) is 0 Å². The van der Waals surface area contributed by atoms with E-state index in [2.05, 4.69) is 32.9 Å². The van der Waals surface area contributed by atoms with Gasteiger partial charge in [-0.3, -0.25) is 9.59 Å². The van der Waals surface area contributed by atoms with E-state index in [1.807, 2.05) is 0 Å². The summed E-state index contributed by atoms with van der Waals surface area (Å²) in [6, 6.07) is 15.0. The molecule has 0 aromatic heterocycles. The summed E-state index contributed by atoms with van der Waals surface area (Å²) in [6.45, 7) is 21.8. The van der Waals surface area contributed by atoms with Crippen molar-refractivity contribution >= 4 is 30.5 Å². The zero-order chi connectivity index (χ0) is 36.4. The zero-order valence-corrected chi connectivity index (χ0v) is 27.6. The van der Waals surface area contributed by atoms with Gasteiger partial charge in [0.25, 0.3) is 0 Å². The Morgan fingerprint density at radius 2 is 0.854 bits per heavy atom. The molecule has 0 aliphatic heterocycles. The van der Waals surface area contributed by atoms with Crippen molar-refractivity contribution < 1.29 is 47.7 Å². The molecule has 10 nitrogen and oxygen atoms in total. The van der Waals surface area contributed by atoms with Crippen LogP contribution in [-0.4, -0.2) is 44.7 Å². The fourth-order valence-electron chi connectivity index (χ4n) is 3.45. The highest BCUT2D eigenvalue weighted by Gasteiger charge is 2.21. The monoisotopic (exact) mass is 654 g/mol. The maximum atomic E-state index is 12.6. The first-order valence-electron chi connectivity index (χ1n) is 14.0. The average molecular weight is 655 g/mol. The molecule has 0 aliphatic rings. The minimum atomic E-state index is -0.656. The molecule has 0 fully saturated rings. The Labute approximate surface area is 280 Å².